The molecule has 10 heteroatoms. The third-order valence-electron chi connectivity index (χ3n) is 5.10. The summed E-state index contributed by atoms with van der Waals surface area (Å²) in [5, 5.41) is 7.52. The highest BCUT2D eigenvalue weighted by Crippen LogP contribution is 2.28. The quantitative estimate of drug-likeness (QED) is 0.545. The molecule has 4 rings (SSSR count). The van der Waals surface area contributed by atoms with Crippen molar-refractivity contribution in [2.75, 3.05) is 18.9 Å². The molecule has 1 amide bonds. The molecule has 7 nitrogen and oxygen atoms in total. The number of nitrogens with zero attached hydrogens (tertiary/aromatic N) is 3. The lowest BCUT2D eigenvalue weighted by Gasteiger charge is -2.17. The van der Waals surface area contributed by atoms with E-state index in [1.54, 1.807) is 23.5 Å². The number of amides is 1. The Labute approximate surface area is 195 Å². The van der Waals surface area contributed by atoms with Crippen LogP contribution < -0.4 is 5.32 Å². The lowest BCUT2D eigenvalue weighted by Crippen LogP contribution is -2.26. The first-order valence-corrected chi connectivity index (χ1v) is 13.5. The summed E-state index contributed by atoms with van der Waals surface area (Å²) in [5.41, 5.74) is 1.10. The van der Waals surface area contributed by atoms with Crippen molar-refractivity contribution in [1.82, 2.24) is 9.88 Å². The average molecular weight is 489 g/mol. The fraction of sp³-hybridized carbons (Fsp3) is 0.318. The zero-order valence-electron chi connectivity index (χ0n) is 17.7. The molecule has 0 unspecified atom stereocenters. The molecule has 1 saturated heterocycles. The topological polar surface area (TPSA) is 91.7 Å². The Bertz CT molecular complexity index is 1220. The van der Waals surface area contributed by atoms with Gasteiger partial charge in [0.05, 0.1) is 21.9 Å². The number of carbonyl (C=O) groups excluding carboxylic acids is 1. The lowest BCUT2D eigenvalue weighted by molar-refractivity contribution is -0.115. The minimum Gasteiger partial charge on any atom is -0.362 e. The van der Waals surface area contributed by atoms with Crippen molar-refractivity contribution in [2.45, 2.75) is 37.0 Å². The van der Waals surface area contributed by atoms with Gasteiger partial charge in [-0.05, 0) is 42.5 Å². The van der Waals surface area contributed by atoms with Gasteiger partial charge in [0.25, 0.3) is 10.0 Å². The Balaban J connectivity index is 1.45. The van der Waals surface area contributed by atoms with E-state index in [-0.39, 0.29) is 17.2 Å². The first-order valence-electron chi connectivity index (χ1n) is 10.3. The number of amidine groups is 1. The number of anilines is 1. The Morgan fingerprint density at radius 1 is 1.19 bits per heavy atom. The highest BCUT2D eigenvalue weighted by molar-refractivity contribution is 7.90. The Hall–Kier alpha value is -2.56. The van der Waals surface area contributed by atoms with Crippen LogP contribution in [0.25, 0.3) is 9.88 Å². The first-order chi connectivity index (χ1) is 15.4. The van der Waals surface area contributed by atoms with Crippen molar-refractivity contribution < 1.29 is 13.2 Å². The monoisotopic (exact) mass is 488 g/mol. The Morgan fingerprint density at radius 3 is 2.88 bits per heavy atom. The second-order valence-corrected chi connectivity index (χ2v) is 11.0. The van der Waals surface area contributed by atoms with Gasteiger partial charge in [-0.1, -0.05) is 18.6 Å². The van der Waals surface area contributed by atoms with Gasteiger partial charge >= 0.3 is 0 Å². The zero-order chi connectivity index (χ0) is 22.6. The molecule has 0 bridgehead atoms. The highest BCUT2D eigenvalue weighted by Gasteiger charge is 2.19. The smallest absolute Gasteiger partial charge is 0.284 e. The number of aromatic nitrogens is 1. The number of rotatable bonds is 6. The second kappa shape index (κ2) is 9.93. The SMILES string of the molecule is CN1CCCCC/C1=N\S(=O)(=O)c1cccc(NC(=O)Cc2csc(-c3cccs3)n2)c1. The van der Waals surface area contributed by atoms with Gasteiger partial charge < -0.3 is 10.2 Å². The minimum absolute atomic E-state index is 0.0640. The molecule has 1 fully saturated rings. The van der Waals surface area contributed by atoms with E-state index in [1.165, 1.54) is 23.5 Å². The van der Waals surface area contributed by atoms with Crippen LogP contribution in [0.2, 0.25) is 0 Å². The van der Waals surface area contributed by atoms with Crippen molar-refractivity contribution >= 4 is 50.1 Å². The van der Waals surface area contributed by atoms with E-state index in [9.17, 15) is 13.2 Å². The van der Waals surface area contributed by atoms with Crippen LogP contribution in [-0.2, 0) is 21.2 Å². The molecule has 1 N–H and O–H groups in total. The molecule has 1 aliphatic heterocycles. The van der Waals surface area contributed by atoms with Gasteiger partial charge in [-0.25, -0.2) is 4.98 Å². The summed E-state index contributed by atoms with van der Waals surface area (Å²) in [5.74, 6) is 0.333. The van der Waals surface area contributed by atoms with Crippen LogP contribution >= 0.6 is 22.7 Å². The number of hydrogen-bond donors (Lipinski definition) is 1. The van der Waals surface area contributed by atoms with Crippen LogP contribution in [0.5, 0.6) is 0 Å². The summed E-state index contributed by atoms with van der Waals surface area (Å²) in [4.78, 5) is 20.1. The number of thiophene rings is 1. The molecule has 32 heavy (non-hydrogen) atoms. The zero-order valence-corrected chi connectivity index (χ0v) is 20.1. The van der Waals surface area contributed by atoms with Crippen LogP contribution in [0.4, 0.5) is 5.69 Å². The lowest BCUT2D eigenvalue weighted by atomic mass is 10.2. The van der Waals surface area contributed by atoms with Gasteiger partial charge in [0.15, 0.2) is 0 Å². The summed E-state index contributed by atoms with van der Waals surface area (Å²) in [6, 6.07) is 10.2. The molecule has 0 aliphatic carbocycles. The van der Waals surface area contributed by atoms with Gasteiger partial charge in [0.1, 0.15) is 10.8 Å². The van der Waals surface area contributed by atoms with Gasteiger partial charge in [-0.3, -0.25) is 4.79 Å². The molecule has 0 saturated carbocycles. The van der Waals surface area contributed by atoms with Gasteiger partial charge in [0.2, 0.25) is 5.91 Å². The maximum atomic E-state index is 12.9. The van der Waals surface area contributed by atoms with Crippen LogP contribution in [-0.4, -0.2) is 43.6 Å². The van der Waals surface area contributed by atoms with Gasteiger partial charge in [-0.2, -0.15) is 8.42 Å². The summed E-state index contributed by atoms with van der Waals surface area (Å²) < 4.78 is 29.8. The number of likely N-dealkylation sites (tertiary alicyclic amines) is 1. The van der Waals surface area contributed by atoms with E-state index in [4.69, 9.17) is 0 Å². The predicted molar refractivity (Wildman–Crippen MR) is 130 cm³/mol. The van der Waals surface area contributed by atoms with Crippen molar-refractivity contribution in [3.63, 3.8) is 0 Å². The molecular formula is C22H24N4O3S3. The number of sulfonamides is 1. The van der Waals surface area contributed by atoms with Crippen molar-refractivity contribution in [3.05, 3.63) is 52.9 Å². The summed E-state index contributed by atoms with van der Waals surface area (Å²) in [7, 11) is -1.99. The van der Waals surface area contributed by atoms with Crippen LogP contribution in [0.3, 0.4) is 0 Å². The van der Waals surface area contributed by atoms with E-state index in [1.807, 2.05) is 34.8 Å². The van der Waals surface area contributed by atoms with E-state index >= 15 is 0 Å². The Kier molecular flexibility index (Phi) is 7.02. The van der Waals surface area contributed by atoms with E-state index < -0.39 is 10.0 Å². The van der Waals surface area contributed by atoms with Crippen LogP contribution in [0, 0.1) is 0 Å². The summed E-state index contributed by atoms with van der Waals surface area (Å²) in [6.07, 6.45) is 3.79. The summed E-state index contributed by atoms with van der Waals surface area (Å²) in [6.45, 7) is 0.801. The molecule has 0 spiro atoms. The molecule has 3 heterocycles. The van der Waals surface area contributed by atoms with E-state index in [0.29, 0.717) is 23.6 Å². The number of thiazole rings is 1. The Morgan fingerprint density at radius 2 is 2.06 bits per heavy atom. The number of hydrogen-bond acceptors (Lipinski definition) is 6. The second-order valence-electron chi connectivity index (χ2n) is 7.59. The van der Waals surface area contributed by atoms with Gasteiger partial charge in [-0.15, -0.1) is 27.1 Å². The van der Waals surface area contributed by atoms with E-state index in [2.05, 4.69) is 14.7 Å². The standard InChI is InChI=1S/C22H24N4O3S3/c1-26-11-4-2-3-10-20(26)25-32(28,29)18-8-5-7-16(13-18)23-21(27)14-17-15-31-22(24-17)19-9-6-12-30-19/h5-9,12-13,15H,2-4,10-11,14H2,1H3,(H,23,27)/b25-20+. The van der Waals surface area contributed by atoms with Crippen LogP contribution in [0.15, 0.2) is 56.5 Å². The molecule has 0 radical (unpaired) electrons. The molecular weight excluding hydrogens is 464 g/mol. The average Bonchev–Trinajstić information content (AvgIpc) is 3.41. The molecule has 0 atom stereocenters. The summed E-state index contributed by atoms with van der Waals surface area (Å²) >= 11 is 3.11. The molecule has 2 aromatic heterocycles. The fourth-order valence-electron chi connectivity index (χ4n) is 3.44. The molecule has 168 valence electrons. The van der Waals surface area contributed by atoms with Crippen LogP contribution in [0.1, 0.15) is 31.4 Å². The normalized spacial score (nSPS) is 16.2. The first kappa shape index (κ1) is 22.6. The van der Waals surface area contributed by atoms with Gasteiger partial charge in [0, 0.05) is 31.1 Å². The van der Waals surface area contributed by atoms with Crippen molar-refractivity contribution in [1.29, 1.82) is 0 Å². The number of nitrogens with one attached hydrogen (secondary N) is 1. The number of carbonyl (C=O) groups is 1. The maximum absolute atomic E-state index is 12.9. The van der Waals surface area contributed by atoms with E-state index in [0.717, 1.165) is 35.7 Å². The predicted octanol–water partition coefficient (Wildman–Crippen LogP) is 4.65. The number of benzene rings is 1. The van der Waals surface area contributed by atoms with Crippen molar-refractivity contribution in [2.24, 2.45) is 4.40 Å². The third kappa shape index (κ3) is 5.62. The molecule has 3 aromatic rings. The fourth-order valence-corrected chi connectivity index (χ4v) is 6.21. The molecule has 1 aromatic carbocycles. The molecule has 1 aliphatic rings. The maximum Gasteiger partial charge on any atom is 0.284 e. The minimum atomic E-state index is -3.86. The third-order valence-corrected chi connectivity index (χ3v) is 8.33. The highest BCUT2D eigenvalue weighted by atomic mass is 32.2. The largest absolute Gasteiger partial charge is 0.362 e. The van der Waals surface area contributed by atoms with Crippen molar-refractivity contribution in [3.8, 4) is 9.88 Å².